The molecular formula is C25H23N3OS. The van der Waals surface area contributed by atoms with Crippen molar-refractivity contribution in [2.24, 2.45) is 0 Å². The Hall–Kier alpha value is -3.31. The van der Waals surface area contributed by atoms with Crippen LogP contribution >= 0.6 is 11.3 Å². The Morgan fingerprint density at radius 3 is 2.07 bits per heavy atom. The van der Waals surface area contributed by atoms with Gasteiger partial charge in [0.05, 0.1) is 10.6 Å². The van der Waals surface area contributed by atoms with Crippen molar-refractivity contribution in [3.8, 4) is 21.7 Å². The molecule has 0 spiro atoms. The van der Waals surface area contributed by atoms with E-state index in [1.807, 2.05) is 32.0 Å². The van der Waals surface area contributed by atoms with E-state index in [-0.39, 0.29) is 5.91 Å². The molecule has 0 aliphatic heterocycles. The van der Waals surface area contributed by atoms with Crippen molar-refractivity contribution >= 4 is 22.4 Å². The molecule has 0 fully saturated rings. The van der Waals surface area contributed by atoms with Gasteiger partial charge < -0.3 is 0 Å². The monoisotopic (exact) mass is 413 g/mol. The zero-order valence-electron chi connectivity index (χ0n) is 17.5. The molecule has 5 heteroatoms. The molecule has 1 amide bonds. The lowest BCUT2D eigenvalue weighted by molar-refractivity contribution is 0.102. The average Bonchev–Trinajstić information content (AvgIpc) is 3.11. The lowest BCUT2D eigenvalue weighted by Gasteiger charge is -2.07. The third kappa shape index (κ3) is 4.31. The summed E-state index contributed by atoms with van der Waals surface area (Å²) in [6.07, 6.45) is 0. The fourth-order valence-electron chi connectivity index (χ4n) is 3.60. The molecule has 30 heavy (non-hydrogen) atoms. The van der Waals surface area contributed by atoms with Crippen molar-refractivity contribution in [3.63, 3.8) is 0 Å². The maximum Gasteiger partial charge on any atom is 0.257 e. The zero-order chi connectivity index (χ0) is 21.3. The summed E-state index contributed by atoms with van der Waals surface area (Å²) in [4.78, 5) is 23.0. The van der Waals surface area contributed by atoms with E-state index in [4.69, 9.17) is 4.98 Å². The molecular weight excluding hydrogens is 390 g/mol. The SMILES string of the molecule is Cc1cc(C)cc(-c2nc(NC(=O)c3ccccc3)sc2-c2cc(C)nc(C)c2)c1. The molecule has 2 aromatic heterocycles. The maximum absolute atomic E-state index is 12.7. The van der Waals surface area contributed by atoms with Gasteiger partial charge in [-0.15, -0.1) is 0 Å². The van der Waals surface area contributed by atoms with Crippen LogP contribution in [0.2, 0.25) is 0 Å². The second kappa shape index (κ2) is 8.20. The van der Waals surface area contributed by atoms with Gasteiger partial charge in [-0.25, -0.2) is 4.98 Å². The Morgan fingerprint density at radius 2 is 1.43 bits per heavy atom. The number of aryl methyl sites for hydroxylation is 4. The van der Waals surface area contributed by atoms with Crippen molar-refractivity contribution in [3.05, 3.63) is 88.7 Å². The number of aromatic nitrogens is 2. The number of benzene rings is 2. The van der Waals surface area contributed by atoms with E-state index in [0.29, 0.717) is 10.7 Å². The number of thiazole rings is 1. The summed E-state index contributed by atoms with van der Waals surface area (Å²) >= 11 is 1.49. The number of carbonyl (C=O) groups excluding carboxylic acids is 1. The molecule has 0 saturated carbocycles. The molecule has 0 bridgehead atoms. The summed E-state index contributed by atoms with van der Waals surface area (Å²) < 4.78 is 0. The van der Waals surface area contributed by atoms with E-state index in [0.717, 1.165) is 33.1 Å². The third-order valence-electron chi connectivity index (χ3n) is 4.72. The standard InChI is InChI=1S/C25H23N3OS/c1-15-10-16(2)12-20(11-15)22-23(21-13-17(3)26-18(4)14-21)30-25(27-22)28-24(29)19-8-6-5-7-9-19/h5-14H,1-4H3,(H,27,28,29). The number of nitrogens with zero attached hydrogens (tertiary/aromatic N) is 2. The Bertz CT molecular complexity index is 1120. The van der Waals surface area contributed by atoms with Crippen LogP contribution in [0, 0.1) is 27.7 Å². The normalized spacial score (nSPS) is 10.8. The van der Waals surface area contributed by atoms with Gasteiger partial charge in [-0.05, 0) is 69.7 Å². The lowest BCUT2D eigenvalue weighted by Crippen LogP contribution is -2.11. The van der Waals surface area contributed by atoms with Crippen molar-refractivity contribution in [1.29, 1.82) is 0 Å². The number of carbonyl (C=O) groups is 1. The summed E-state index contributed by atoms with van der Waals surface area (Å²) in [5.41, 5.74) is 7.87. The minimum atomic E-state index is -0.162. The van der Waals surface area contributed by atoms with Crippen LogP contribution in [-0.2, 0) is 0 Å². The van der Waals surface area contributed by atoms with E-state index in [1.54, 1.807) is 12.1 Å². The van der Waals surface area contributed by atoms with Crippen molar-refractivity contribution in [2.75, 3.05) is 5.32 Å². The molecule has 0 unspecified atom stereocenters. The van der Waals surface area contributed by atoms with Crippen LogP contribution in [0.1, 0.15) is 32.9 Å². The van der Waals surface area contributed by atoms with Crippen LogP contribution in [0.4, 0.5) is 5.13 Å². The van der Waals surface area contributed by atoms with Crippen LogP contribution < -0.4 is 5.32 Å². The molecule has 4 rings (SSSR count). The minimum Gasteiger partial charge on any atom is -0.298 e. The summed E-state index contributed by atoms with van der Waals surface area (Å²) in [5, 5.41) is 3.55. The second-order valence-corrected chi connectivity index (χ2v) is 8.53. The van der Waals surface area contributed by atoms with Crippen molar-refractivity contribution < 1.29 is 4.79 Å². The summed E-state index contributed by atoms with van der Waals surface area (Å²) in [7, 11) is 0. The van der Waals surface area contributed by atoms with Gasteiger partial charge in [-0.2, -0.15) is 0 Å². The van der Waals surface area contributed by atoms with Gasteiger partial charge in [0.1, 0.15) is 0 Å². The highest BCUT2D eigenvalue weighted by Gasteiger charge is 2.18. The Kier molecular flexibility index (Phi) is 5.46. The molecule has 0 saturated heterocycles. The average molecular weight is 414 g/mol. The van der Waals surface area contributed by atoms with Crippen molar-refractivity contribution in [2.45, 2.75) is 27.7 Å². The molecule has 2 heterocycles. The van der Waals surface area contributed by atoms with E-state index in [1.165, 1.54) is 22.5 Å². The highest BCUT2D eigenvalue weighted by Crippen LogP contribution is 2.40. The smallest absolute Gasteiger partial charge is 0.257 e. The first-order valence-electron chi connectivity index (χ1n) is 9.80. The molecule has 0 atom stereocenters. The summed E-state index contributed by atoms with van der Waals surface area (Å²) in [6.45, 7) is 8.15. The van der Waals surface area contributed by atoms with Gasteiger partial charge in [0.2, 0.25) is 0 Å². The predicted octanol–water partition coefficient (Wildman–Crippen LogP) is 6.36. The highest BCUT2D eigenvalue weighted by molar-refractivity contribution is 7.19. The van der Waals surface area contributed by atoms with E-state index in [9.17, 15) is 4.79 Å². The first-order chi connectivity index (χ1) is 14.4. The van der Waals surface area contributed by atoms with Gasteiger partial charge >= 0.3 is 0 Å². The predicted molar refractivity (Wildman–Crippen MR) is 124 cm³/mol. The molecule has 2 aromatic carbocycles. The molecule has 0 aliphatic carbocycles. The largest absolute Gasteiger partial charge is 0.298 e. The van der Waals surface area contributed by atoms with E-state index in [2.05, 4.69) is 54.5 Å². The van der Waals surface area contributed by atoms with E-state index < -0.39 is 0 Å². The topological polar surface area (TPSA) is 54.9 Å². The van der Waals surface area contributed by atoms with Gasteiger partial charge in [0.15, 0.2) is 5.13 Å². The molecule has 1 N–H and O–H groups in total. The van der Waals surface area contributed by atoms with Crippen LogP contribution in [0.25, 0.3) is 21.7 Å². The van der Waals surface area contributed by atoms with Gasteiger partial charge in [-0.1, -0.05) is 46.7 Å². The fourth-order valence-corrected chi connectivity index (χ4v) is 4.57. The number of hydrogen-bond acceptors (Lipinski definition) is 4. The van der Waals surface area contributed by atoms with Gasteiger partial charge in [0.25, 0.3) is 5.91 Å². The minimum absolute atomic E-state index is 0.162. The third-order valence-corrected chi connectivity index (χ3v) is 5.74. The number of pyridine rings is 1. The van der Waals surface area contributed by atoms with Gasteiger partial charge in [-0.3, -0.25) is 15.1 Å². The number of rotatable bonds is 4. The maximum atomic E-state index is 12.7. The fraction of sp³-hybridized carbons (Fsp3) is 0.160. The number of nitrogens with one attached hydrogen (secondary N) is 1. The van der Waals surface area contributed by atoms with E-state index >= 15 is 0 Å². The lowest BCUT2D eigenvalue weighted by atomic mass is 10.0. The molecule has 0 aliphatic rings. The zero-order valence-corrected chi connectivity index (χ0v) is 18.3. The first kappa shape index (κ1) is 20.0. The molecule has 4 aromatic rings. The summed E-state index contributed by atoms with van der Waals surface area (Å²) in [5.74, 6) is -0.162. The Labute approximate surface area is 180 Å². The Balaban J connectivity index is 1.82. The first-order valence-corrected chi connectivity index (χ1v) is 10.6. The number of hydrogen-bond donors (Lipinski definition) is 1. The summed E-state index contributed by atoms with van der Waals surface area (Å²) in [6, 6.07) is 19.7. The van der Waals surface area contributed by atoms with Crippen molar-refractivity contribution in [1.82, 2.24) is 9.97 Å². The molecule has 4 nitrogen and oxygen atoms in total. The second-order valence-electron chi connectivity index (χ2n) is 7.53. The quantitative estimate of drug-likeness (QED) is 0.424. The number of amides is 1. The number of anilines is 1. The van der Waals surface area contributed by atoms with Gasteiger partial charge in [0, 0.05) is 22.5 Å². The van der Waals surface area contributed by atoms with Crippen LogP contribution in [0.5, 0.6) is 0 Å². The molecule has 150 valence electrons. The van der Waals surface area contributed by atoms with Crippen LogP contribution in [0.3, 0.4) is 0 Å². The Morgan fingerprint density at radius 1 is 0.800 bits per heavy atom. The van der Waals surface area contributed by atoms with Crippen LogP contribution in [0.15, 0.2) is 60.7 Å². The highest BCUT2D eigenvalue weighted by atomic mass is 32.1. The molecule has 0 radical (unpaired) electrons. The van der Waals surface area contributed by atoms with Crippen LogP contribution in [-0.4, -0.2) is 15.9 Å².